The number of hydrogen-bond acceptors (Lipinski definition) is 7. The van der Waals surface area contributed by atoms with Crippen LogP contribution in [0.3, 0.4) is 0 Å². The number of ether oxygens (including phenoxy) is 2. The number of nitrogens with zero attached hydrogens (tertiary/aromatic N) is 2. The fraction of sp³-hybridized carbons (Fsp3) is 0.444. The van der Waals surface area contributed by atoms with Crippen LogP contribution in [0.2, 0.25) is 0 Å². The Morgan fingerprint density at radius 3 is 2.39 bits per heavy atom. The van der Waals surface area contributed by atoms with E-state index in [-0.39, 0.29) is 17.6 Å². The molecule has 3 N–H and O–H groups in total. The Hall–Kier alpha value is -3.70. The molecule has 0 saturated carbocycles. The lowest BCUT2D eigenvalue weighted by molar-refractivity contribution is -0.144. The molecular formula is C27H36FN5O5. The molecule has 0 unspecified atom stereocenters. The Labute approximate surface area is 222 Å². The Balaban J connectivity index is 1.37. The van der Waals surface area contributed by atoms with Gasteiger partial charge in [0.25, 0.3) is 0 Å². The fourth-order valence-corrected chi connectivity index (χ4v) is 4.09. The van der Waals surface area contributed by atoms with Crippen molar-refractivity contribution in [1.82, 2.24) is 15.1 Å². The number of methoxy groups -OCH3 is 1. The minimum absolute atomic E-state index is 0.0450. The quantitative estimate of drug-likeness (QED) is 0.363. The summed E-state index contributed by atoms with van der Waals surface area (Å²) in [5.41, 5.74) is 1.38. The first-order valence-electron chi connectivity index (χ1n) is 12.7. The maximum absolute atomic E-state index is 13.8. The van der Waals surface area contributed by atoms with Crippen LogP contribution >= 0.6 is 0 Å². The van der Waals surface area contributed by atoms with Crippen molar-refractivity contribution in [2.75, 3.05) is 70.2 Å². The molecule has 206 valence electrons. The lowest BCUT2D eigenvalue weighted by Gasteiger charge is -2.34. The molecule has 3 rings (SSSR count). The third kappa shape index (κ3) is 9.31. The van der Waals surface area contributed by atoms with Gasteiger partial charge in [0.1, 0.15) is 11.6 Å². The van der Waals surface area contributed by atoms with Gasteiger partial charge in [-0.2, -0.15) is 0 Å². The fourth-order valence-electron chi connectivity index (χ4n) is 4.09. The highest BCUT2D eigenvalue weighted by Crippen LogP contribution is 2.26. The van der Waals surface area contributed by atoms with E-state index in [2.05, 4.69) is 25.8 Å². The van der Waals surface area contributed by atoms with Crippen LogP contribution in [-0.4, -0.2) is 87.2 Å². The molecule has 0 spiro atoms. The second-order valence-electron chi connectivity index (χ2n) is 8.87. The number of anilines is 2. The number of rotatable bonds is 12. The third-order valence-electron chi connectivity index (χ3n) is 6.15. The number of hydrogen-bond donors (Lipinski definition) is 3. The molecule has 1 fully saturated rings. The number of benzene rings is 2. The van der Waals surface area contributed by atoms with Crippen LogP contribution in [0.4, 0.5) is 20.6 Å². The van der Waals surface area contributed by atoms with Crippen molar-refractivity contribution in [3.8, 4) is 5.75 Å². The Kier molecular flexibility index (Phi) is 11.3. The van der Waals surface area contributed by atoms with Crippen molar-refractivity contribution in [2.45, 2.75) is 19.8 Å². The van der Waals surface area contributed by atoms with Crippen LogP contribution in [-0.2, 0) is 20.7 Å². The molecule has 1 saturated heterocycles. The molecule has 0 bridgehead atoms. The molecule has 0 atom stereocenters. The summed E-state index contributed by atoms with van der Waals surface area (Å²) < 4.78 is 24.1. The van der Waals surface area contributed by atoms with E-state index in [0.717, 1.165) is 38.3 Å². The van der Waals surface area contributed by atoms with Crippen LogP contribution in [0.5, 0.6) is 5.75 Å². The normalized spacial score (nSPS) is 14.0. The Morgan fingerprint density at radius 2 is 1.68 bits per heavy atom. The molecule has 1 aliphatic rings. The van der Waals surface area contributed by atoms with Gasteiger partial charge >= 0.3 is 12.0 Å². The van der Waals surface area contributed by atoms with Gasteiger partial charge in [-0.3, -0.25) is 19.4 Å². The standard InChI is InChI=1S/C27H36FN5O5/c1-3-38-26(35)19-33-16-14-32(15-17-33)13-12-29-25(34)11-9-20-8-10-23(24(18-20)37-2)31-27(36)30-22-7-5-4-6-21(22)28/h4-8,10,18H,3,9,11-17,19H2,1-2H3,(H,29,34)(H2,30,31,36). The van der Waals surface area contributed by atoms with Gasteiger partial charge in [0, 0.05) is 45.7 Å². The lowest BCUT2D eigenvalue weighted by atomic mass is 10.1. The maximum atomic E-state index is 13.8. The summed E-state index contributed by atoms with van der Waals surface area (Å²) >= 11 is 0. The number of halogens is 1. The average Bonchev–Trinajstić information content (AvgIpc) is 2.90. The second kappa shape index (κ2) is 14.9. The van der Waals surface area contributed by atoms with E-state index in [1.807, 2.05) is 6.07 Å². The van der Waals surface area contributed by atoms with Crippen LogP contribution in [0, 0.1) is 5.82 Å². The van der Waals surface area contributed by atoms with Crippen molar-refractivity contribution < 1.29 is 28.2 Å². The minimum atomic E-state index is -0.596. The second-order valence-corrected chi connectivity index (χ2v) is 8.87. The van der Waals surface area contributed by atoms with E-state index >= 15 is 0 Å². The number of amides is 3. The van der Waals surface area contributed by atoms with Crippen LogP contribution < -0.4 is 20.7 Å². The van der Waals surface area contributed by atoms with Crippen molar-refractivity contribution in [2.24, 2.45) is 0 Å². The first-order chi connectivity index (χ1) is 18.4. The van der Waals surface area contributed by atoms with Crippen molar-refractivity contribution in [3.05, 3.63) is 53.8 Å². The van der Waals surface area contributed by atoms with Gasteiger partial charge in [-0.05, 0) is 43.2 Å². The van der Waals surface area contributed by atoms with E-state index in [4.69, 9.17) is 9.47 Å². The summed E-state index contributed by atoms with van der Waals surface area (Å²) in [5, 5.41) is 8.08. The first kappa shape index (κ1) is 28.9. The molecule has 38 heavy (non-hydrogen) atoms. The Bertz CT molecular complexity index is 1090. The largest absolute Gasteiger partial charge is 0.495 e. The summed E-state index contributed by atoms with van der Waals surface area (Å²) in [4.78, 5) is 40.6. The molecule has 2 aromatic rings. The van der Waals surface area contributed by atoms with Gasteiger partial charge in [-0.1, -0.05) is 18.2 Å². The van der Waals surface area contributed by atoms with E-state index in [1.54, 1.807) is 31.2 Å². The highest BCUT2D eigenvalue weighted by molar-refractivity contribution is 6.00. The Morgan fingerprint density at radius 1 is 0.974 bits per heavy atom. The summed E-state index contributed by atoms with van der Waals surface area (Å²) in [5.74, 6) is -0.330. The van der Waals surface area contributed by atoms with Crippen molar-refractivity contribution in [1.29, 1.82) is 0 Å². The molecule has 0 aromatic heterocycles. The van der Waals surface area contributed by atoms with Crippen molar-refractivity contribution >= 4 is 29.3 Å². The predicted molar refractivity (Wildman–Crippen MR) is 143 cm³/mol. The van der Waals surface area contributed by atoms with Crippen LogP contribution in [0.25, 0.3) is 0 Å². The van der Waals surface area contributed by atoms with Gasteiger partial charge < -0.3 is 25.4 Å². The number of piperazine rings is 1. The zero-order valence-electron chi connectivity index (χ0n) is 21.9. The molecule has 1 heterocycles. The van der Waals surface area contributed by atoms with E-state index in [1.165, 1.54) is 19.2 Å². The van der Waals surface area contributed by atoms with Gasteiger partial charge in [-0.15, -0.1) is 0 Å². The topological polar surface area (TPSA) is 112 Å². The number of carbonyl (C=O) groups is 3. The summed E-state index contributed by atoms with van der Waals surface area (Å²) in [6.45, 7) is 7.10. The molecule has 11 heteroatoms. The van der Waals surface area contributed by atoms with Gasteiger partial charge in [0.05, 0.1) is 31.6 Å². The van der Waals surface area contributed by atoms with E-state index in [9.17, 15) is 18.8 Å². The SMILES string of the molecule is CCOC(=O)CN1CCN(CCNC(=O)CCc2ccc(NC(=O)Nc3ccccc3F)c(OC)c2)CC1. The van der Waals surface area contributed by atoms with Gasteiger partial charge in [-0.25, -0.2) is 9.18 Å². The molecule has 0 radical (unpaired) electrons. The number of aryl methyl sites for hydroxylation is 1. The third-order valence-corrected chi connectivity index (χ3v) is 6.15. The first-order valence-corrected chi connectivity index (χ1v) is 12.7. The number of esters is 1. The molecule has 10 nitrogen and oxygen atoms in total. The smallest absolute Gasteiger partial charge is 0.323 e. The number of nitrogens with one attached hydrogen (secondary N) is 3. The van der Waals surface area contributed by atoms with Gasteiger partial charge in [0.2, 0.25) is 5.91 Å². The average molecular weight is 530 g/mol. The number of urea groups is 1. The summed E-state index contributed by atoms with van der Waals surface area (Å²) in [6, 6.07) is 10.6. The molecule has 2 aromatic carbocycles. The number of para-hydroxylation sites is 1. The van der Waals surface area contributed by atoms with Crippen molar-refractivity contribution in [3.63, 3.8) is 0 Å². The molecule has 0 aliphatic carbocycles. The van der Waals surface area contributed by atoms with E-state index in [0.29, 0.717) is 44.0 Å². The predicted octanol–water partition coefficient (Wildman–Crippen LogP) is 2.71. The summed E-state index contributed by atoms with van der Waals surface area (Å²) in [6.07, 6.45) is 0.827. The summed E-state index contributed by atoms with van der Waals surface area (Å²) in [7, 11) is 1.49. The van der Waals surface area contributed by atoms with Gasteiger partial charge in [0.15, 0.2) is 0 Å². The molecule has 3 amide bonds. The van der Waals surface area contributed by atoms with E-state index < -0.39 is 11.8 Å². The minimum Gasteiger partial charge on any atom is -0.495 e. The zero-order valence-corrected chi connectivity index (χ0v) is 21.9. The highest BCUT2D eigenvalue weighted by Gasteiger charge is 2.19. The van der Waals surface area contributed by atoms with Crippen LogP contribution in [0.15, 0.2) is 42.5 Å². The molecule has 1 aliphatic heterocycles. The monoisotopic (exact) mass is 529 g/mol. The van der Waals surface area contributed by atoms with Crippen LogP contribution in [0.1, 0.15) is 18.9 Å². The molecular weight excluding hydrogens is 493 g/mol. The zero-order chi connectivity index (χ0) is 27.3. The highest BCUT2D eigenvalue weighted by atomic mass is 19.1. The number of carbonyl (C=O) groups excluding carboxylic acids is 3. The maximum Gasteiger partial charge on any atom is 0.323 e. The lowest BCUT2D eigenvalue weighted by Crippen LogP contribution is -2.49.